The standard InChI is InChI=1S/C19H22N4O2S/c1-12-15-17(20-11-21-18(15)26-16(12)19(24)25)23(4)10-14-8-6-5-7-13(14)9-22(2)3/h5-8,11H,9-10H2,1-4H3,(H,24,25). The Hall–Kier alpha value is -2.51. The molecule has 0 bridgehead atoms. The van der Waals surface area contributed by atoms with Crippen LogP contribution in [0.15, 0.2) is 30.6 Å². The summed E-state index contributed by atoms with van der Waals surface area (Å²) in [5.41, 5.74) is 3.21. The van der Waals surface area contributed by atoms with E-state index in [4.69, 9.17) is 0 Å². The summed E-state index contributed by atoms with van der Waals surface area (Å²) in [6, 6.07) is 8.34. The zero-order valence-electron chi connectivity index (χ0n) is 15.4. The van der Waals surface area contributed by atoms with E-state index in [9.17, 15) is 9.90 Å². The fourth-order valence-corrected chi connectivity index (χ4v) is 4.07. The molecule has 0 fully saturated rings. The Morgan fingerprint density at radius 2 is 1.77 bits per heavy atom. The van der Waals surface area contributed by atoms with E-state index in [1.807, 2.05) is 26.1 Å². The van der Waals surface area contributed by atoms with Crippen molar-refractivity contribution in [3.05, 3.63) is 52.2 Å². The van der Waals surface area contributed by atoms with Crippen molar-refractivity contribution in [3.63, 3.8) is 0 Å². The van der Waals surface area contributed by atoms with Crippen LogP contribution in [0.25, 0.3) is 10.2 Å². The zero-order valence-corrected chi connectivity index (χ0v) is 16.2. The minimum atomic E-state index is -0.921. The Labute approximate surface area is 156 Å². The van der Waals surface area contributed by atoms with E-state index in [-0.39, 0.29) is 0 Å². The SMILES string of the molecule is Cc1c(C(=O)O)sc2ncnc(N(C)Cc3ccccc3CN(C)C)c12. The summed E-state index contributed by atoms with van der Waals surface area (Å²) in [6.45, 7) is 3.38. The van der Waals surface area contributed by atoms with Gasteiger partial charge in [0.25, 0.3) is 0 Å². The lowest BCUT2D eigenvalue weighted by Gasteiger charge is -2.22. The maximum Gasteiger partial charge on any atom is 0.346 e. The van der Waals surface area contributed by atoms with E-state index in [1.54, 1.807) is 0 Å². The second kappa shape index (κ2) is 7.39. The van der Waals surface area contributed by atoms with Gasteiger partial charge in [-0.1, -0.05) is 24.3 Å². The van der Waals surface area contributed by atoms with Crippen LogP contribution in [-0.4, -0.2) is 47.1 Å². The number of hydrogen-bond acceptors (Lipinski definition) is 6. The lowest BCUT2D eigenvalue weighted by atomic mass is 10.1. The second-order valence-corrected chi connectivity index (χ2v) is 7.60. The molecule has 0 aliphatic heterocycles. The first-order chi connectivity index (χ1) is 12.4. The van der Waals surface area contributed by atoms with Crippen LogP contribution in [0, 0.1) is 6.92 Å². The molecule has 2 heterocycles. The van der Waals surface area contributed by atoms with Gasteiger partial charge in [0.2, 0.25) is 0 Å². The Morgan fingerprint density at radius 1 is 1.12 bits per heavy atom. The number of carbonyl (C=O) groups is 1. The number of hydrogen-bond donors (Lipinski definition) is 1. The third-order valence-electron chi connectivity index (χ3n) is 4.28. The summed E-state index contributed by atoms with van der Waals surface area (Å²) in [6.07, 6.45) is 1.50. The molecule has 0 aliphatic carbocycles. The summed E-state index contributed by atoms with van der Waals surface area (Å²) < 4.78 is 0. The first-order valence-corrected chi connectivity index (χ1v) is 9.10. The topological polar surface area (TPSA) is 69.6 Å². The van der Waals surface area contributed by atoms with Gasteiger partial charge in [0.15, 0.2) is 0 Å². The molecule has 0 amide bonds. The zero-order chi connectivity index (χ0) is 18.8. The molecule has 0 atom stereocenters. The molecule has 26 heavy (non-hydrogen) atoms. The van der Waals surface area contributed by atoms with E-state index in [1.165, 1.54) is 28.8 Å². The number of aromatic nitrogens is 2. The average Bonchev–Trinajstić information content (AvgIpc) is 2.93. The van der Waals surface area contributed by atoms with E-state index in [0.717, 1.165) is 23.3 Å². The highest BCUT2D eigenvalue weighted by Crippen LogP contribution is 2.35. The lowest BCUT2D eigenvalue weighted by molar-refractivity contribution is 0.0701. The molecular weight excluding hydrogens is 348 g/mol. The van der Waals surface area contributed by atoms with Crippen molar-refractivity contribution in [2.24, 2.45) is 0 Å². The van der Waals surface area contributed by atoms with E-state index >= 15 is 0 Å². The number of aryl methyl sites for hydroxylation is 1. The molecule has 3 aromatic rings. The fraction of sp³-hybridized carbons (Fsp3) is 0.316. The van der Waals surface area contributed by atoms with Gasteiger partial charge in [-0.15, -0.1) is 11.3 Å². The van der Waals surface area contributed by atoms with Crippen molar-refractivity contribution >= 4 is 33.3 Å². The van der Waals surface area contributed by atoms with Crippen LogP contribution in [0.2, 0.25) is 0 Å². The molecule has 136 valence electrons. The largest absolute Gasteiger partial charge is 0.477 e. The van der Waals surface area contributed by atoms with Crippen LogP contribution in [0.5, 0.6) is 0 Å². The minimum Gasteiger partial charge on any atom is -0.477 e. The molecule has 1 N–H and O–H groups in total. The van der Waals surface area contributed by atoms with Crippen molar-refractivity contribution in [2.45, 2.75) is 20.0 Å². The van der Waals surface area contributed by atoms with Crippen LogP contribution in [0.3, 0.4) is 0 Å². The summed E-state index contributed by atoms with van der Waals surface area (Å²) in [4.78, 5) is 25.4. The summed E-state index contributed by atoms with van der Waals surface area (Å²) in [5.74, 6) is -0.161. The first-order valence-electron chi connectivity index (χ1n) is 8.28. The number of nitrogens with zero attached hydrogens (tertiary/aromatic N) is 4. The van der Waals surface area contributed by atoms with Crippen molar-refractivity contribution in [1.82, 2.24) is 14.9 Å². The molecule has 0 saturated carbocycles. The van der Waals surface area contributed by atoms with Crippen molar-refractivity contribution in [1.29, 1.82) is 0 Å². The quantitative estimate of drug-likeness (QED) is 0.717. The van der Waals surface area contributed by atoms with Crippen LogP contribution in [-0.2, 0) is 13.1 Å². The van der Waals surface area contributed by atoms with Gasteiger partial charge in [-0.25, -0.2) is 14.8 Å². The number of carboxylic acid groups (broad SMARTS) is 1. The monoisotopic (exact) mass is 370 g/mol. The van der Waals surface area contributed by atoms with E-state index < -0.39 is 5.97 Å². The Morgan fingerprint density at radius 3 is 2.38 bits per heavy atom. The molecule has 1 aromatic carbocycles. The summed E-state index contributed by atoms with van der Waals surface area (Å²) in [7, 11) is 6.08. The predicted molar refractivity (Wildman–Crippen MR) is 105 cm³/mol. The molecule has 0 saturated heterocycles. The van der Waals surface area contributed by atoms with Gasteiger partial charge in [-0.2, -0.15) is 0 Å². The summed E-state index contributed by atoms with van der Waals surface area (Å²) in [5, 5.41) is 10.2. The first kappa shape index (κ1) is 18.3. The van der Waals surface area contributed by atoms with Gasteiger partial charge in [-0.05, 0) is 37.7 Å². The summed E-state index contributed by atoms with van der Waals surface area (Å²) >= 11 is 1.20. The third-order valence-corrected chi connectivity index (χ3v) is 5.46. The molecule has 6 nitrogen and oxygen atoms in total. The smallest absolute Gasteiger partial charge is 0.346 e. The molecule has 2 aromatic heterocycles. The van der Waals surface area contributed by atoms with Crippen LogP contribution in [0.4, 0.5) is 5.82 Å². The number of thiophene rings is 1. The third kappa shape index (κ3) is 3.54. The highest BCUT2D eigenvalue weighted by molar-refractivity contribution is 7.20. The van der Waals surface area contributed by atoms with Crippen molar-refractivity contribution in [3.8, 4) is 0 Å². The normalized spacial score (nSPS) is 11.3. The van der Waals surface area contributed by atoms with Crippen LogP contribution in [0.1, 0.15) is 26.4 Å². The fourth-order valence-electron chi connectivity index (χ4n) is 3.08. The maximum absolute atomic E-state index is 11.5. The number of carboxylic acids is 1. The average molecular weight is 370 g/mol. The Bertz CT molecular complexity index is 952. The van der Waals surface area contributed by atoms with Gasteiger partial charge in [0.05, 0.1) is 5.39 Å². The number of fused-ring (bicyclic) bond motifs is 1. The van der Waals surface area contributed by atoms with Gasteiger partial charge in [0, 0.05) is 20.1 Å². The maximum atomic E-state index is 11.5. The Kier molecular flexibility index (Phi) is 5.20. The highest BCUT2D eigenvalue weighted by atomic mass is 32.1. The molecule has 7 heteroatoms. The highest BCUT2D eigenvalue weighted by Gasteiger charge is 2.20. The van der Waals surface area contributed by atoms with E-state index in [0.29, 0.717) is 16.3 Å². The van der Waals surface area contributed by atoms with Gasteiger partial charge < -0.3 is 14.9 Å². The van der Waals surface area contributed by atoms with Crippen LogP contribution >= 0.6 is 11.3 Å². The van der Waals surface area contributed by atoms with Crippen LogP contribution < -0.4 is 4.90 Å². The van der Waals surface area contributed by atoms with Crippen molar-refractivity contribution in [2.75, 3.05) is 26.0 Å². The minimum absolute atomic E-state index is 0.322. The van der Waals surface area contributed by atoms with Gasteiger partial charge >= 0.3 is 5.97 Å². The molecule has 0 radical (unpaired) electrons. The number of rotatable bonds is 6. The number of aromatic carboxylic acids is 1. The molecule has 0 spiro atoms. The number of benzene rings is 1. The lowest BCUT2D eigenvalue weighted by Crippen LogP contribution is -2.20. The van der Waals surface area contributed by atoms with Crippen molar-refractivity contribution < 1.29 is 9.90 Å². The molecule has 3 rings (SSSR count). The Balaban J connectivity index is 1.99. The van der Waals surface area contributed by atoms with E-state index in [2.05, 4.69) is 46.0 Å². The second-order valence-electron chi connectivity index (χ2n) is 6.60. The molecular formula is C19H22N4O2S. The molecule has 0 unspecified atom stereocenters. The molecule has 0 aliphatic rings. The van der Waals surface area contributed by atoms with Gasteiger partial charge in [0.1, 0.15) is 21.9 Å². The predicted octanol–water partition coefficient (Wildman–Crippen LogP) is 3.40. The number of anilines is 1. The van der Waals surface area contributed by atoms with Gasteiger partial charge in [-0.3, -0.25) is 0 Å².